The molecule has 0 bridgehead atoms. The lowest BCUT2D eigenvalue weighted by Gasteiger charge is -2.43. The van der Waals surface area contributed by atoms with E-state index in [9.17, 15) is 4.39 Å². The van der Waals surface area contributed by atoms with Gasteiger partial charge in [0, 0.05) is 23.0 Å². The lowest BCUT2D eigenvalue weighted by Crippen LogP contribution is -2.58. The molecule has 0 saturated carbocycles. The van der Waals surface area contributed by atoms with Crippen molar-refractivity contribution in [1.29, 1.82) is 0 Å². The highest BCUT2D eigenvalue weighted by Gasteiger charge is 2.39. The Kier molecular flexibility index (Phi) is 3.42. The highest BCUT2D eigenvalue weighted by atomic mass is 79.9. The second kappa shape index (κ2) is 5.06. The Morgan fingerprint density at radius 3 is 2.32 bits per heavy atom. The van der Waals surface area contributed by atoms with Crippen molar-refractivity contribution >= 4 is 15.9 Å². The van der Waals surface area contributed by atoms with Crippen LogP contribution < -0.4 is 5.32 Å². The number of hydrogen-bond acceptors (Lipinski definition) is 1. The van der Waals surface area contributed by atoms with Gasteiger partial charge in [0.05, 0.1) is 0 Å². The fourth-order valence-corrected chi connectivity index (χ4v) is 2.93. The molecule has 98 valence electrons. The molecule has 19 heavy (non-hydrogen) atoms. The molecule has 0 amide bonds. The SMILES string of the molecule is Fc1ccccc1CC1(c2ccc(Br)cc2)CNC1. The summed E-state index contributed by atoms with van der Waals surface area (Å²) in [6.07, 6.45) is 0.744. The molecule has 0 spiro atoms. The van der Waals surface area contributed by atoms with Crippen LogP contribution in [0.25, 0.3) is 0 Å². The van der Waals surface area contributed by atoms with Gasteiger partial charge in [0.25, 0.3) is 0 Å². The average molecular weight is 320 g/mol. The largest absolute Gasteiger partial charge is 0.315 e. The molecule has 0 aromatic heterocycles. The van der Waals surface area contributed by atoms with Crippen LogP contribution in [0.2, 0.25) is 0 Å². The molecular weight excluding hydrogens is 305 g/mol. The number of benzene rings is 2. The fraction of sp³-hybridized carbons (Fsp3) is 0.250. The predicted octanol–water partition coefficient (Wildman–Crippen LogP) is 3.67. The van der Waals surface area contributed by atoms with Gasteiger partial charge in [0.2, 0.25) is 0 Å². The van der Waals surface area contributed by atoms with Gasteiger partial charge in [0.15, 0.2) is 0 Å². The minimum Gasteiger partial charge on any atom is -0.315 e. The summed E-state index contributed by atoms with van der Waals surface area (Å²) in [5.74, 6) is -0.106. The van der Waals surface area contributed by atoms with Crippen LogP contribution in [-0.2, 0) is 11.8 Å². The van der Waals surface area contributed by atoms with E-state index in [1.165, 1.54) is 11.6 Å². The molecule has 1 N–H and O–H groups in total. The van der Waals surface area contributed by atoms with Crippen molar-refractivity contribution in [2.24, 2.45) is 0 Å². The number of hydrogen-bond donors (Lipinski definition) is 1. The van der Waals surface area contributed by atoms with Crippen LogP contribution in [0, 0.1) is 5.82 Å². The maximum absolute atomic E-state index is 13.8. The lowest BCUT2D eigenvalue weighted by molar-refractivity contribution is 0.272. The number of rotatable bonds is 3. The number of halogens is 2. The number of nitrogens with one attached hydrogen (secondary N) is 1. The molecule has 2 aromatic carbocycles. The van der Waals surface area contributed by atoms with Gasteiger partial charge in [-0.3, -0.25) is 0 Å². The predicted molar refractivity (Wildman–Crippen MR) is 78.8 cm³/mol. The molecule has 1 aliphatic rings. The summed E-state index contributed by atoms with van der Waals surface area (Å²) in [6, 6.07) is 15.4. The molecule has 1 heterocycles. The first kappa shape index (κ1) is 12.8. The van der Waals surface area contributed by atoms with Gasteiger partial charge in [-0.05, 0) is 35.7 Å². The highest BCUT2D eigenvalue weighted by molar-refractivity contribution is 9.10. The molecule has 1 saturated heterocycles. The maximum Gasteiger partial charge on any atom is 0.126 e. The zero-order valence-corrected chi connectivity index (χ0v) is 12.1. The first-order chi connectivity index (χ1) is 9.20. The minimum absolute atomic E-state index is 0.0306. The van der Waals surface area contributed by atoms with E-state index in [-0.39, 0.29) is 11.2 Å². The Morgan fingerprint density at radius 1 is 1.05 bits per heavy atom. The van der Waals surface area contributed by atoms with Crippen LogP contribution in [0.5, 0.6) is 0 Å². The Labute approximate surface area is 121 Å². The Balaban J connectivity index is 1.92. The van der Waals surface area contributed by atoms with Crippen LogP contribution in [0.4, 0.5) is 4.39 Å². The molecule has 0 unspecified atom stereocenters. The average Bonchev–Trinajstić information content (AvgIpc) is 2.37. The molecule has 1 aliphatic heterocycles. The Bertz CT molecular complexity index is 576. The fourth-order valence-electron chi connectivity index (χ4n) is 2.67. The van der Waals surface area contributed by atoms with Gasteiger partial charge in [-0.15, -0.1) is 0 Å². The van der Waals surface area contributed by atoms with E-state index in [4.69, 9.17) is 0 Å². The molecule has 0 aliphatic carbocycles. The van der Waals surface area contributed by atoms with Crippen molar-refractivity contribution in [3.8, 4) is 0 Å². The van der Waals surface area contributed by atoms with E-state index >= 15 is 0 Å². The smallest absolute Gasteiger partial charge is 0.126 e. The molecular formula is C16H15BrFN. The zero-order chi connectivity index (χ0) is 13.3. The van der Waals surface area contributed by atoms with Gasteiger partial charge in [-0.25, -0.2) is 4.39 Å². The molecule has 3 heteroatoms. The summed E-state index contributed by atoms with van der Waals surface area (Å²) in [4.78, 5) is 0. The molecule has 1 nitrogen and oxygen atoms in total. The van der Waals surface area contributed by atoms with Gasteiger partial charge >= 0.3 is 0 Å². The van der Waals surface area contributed by atoms with E-state index < -0.39 is 0 Å². The molecule has 0 atom stereocenters. The van der Waals surface area contributed by atoms with Crippen molar-refractivity contribution < 1.29 is 4.39 Å². The van der Waals surface area contributed by atoms with E-state index in [1.807, 2.05) is 12.1 Å². The van der Waals surface area contributed by atoms with E-state index in [1.54, 1.807) is 6.07 Å². The first-order valence-corrected chi connectivity index (χ1v) is 7.19. The van der Waals surface area contributed by atoms with E-state index in [0.717, 1.165) is 29.5 Å². The second-order valence-electron chi connectivity index (χ2n) is 5.16. The lowest BCUT2D eigenvalue weighted by atomic mass is 9.71. The summed E-state index contributed by atoms with van der Waals surface area (Å²) in [5, 5.41) is 3.32. The van der Waals surface area contributed by atoms with E-state index in [2.05, 4.69) is 45.5 Å². The second-order valence-corrected chi connectivity index (χ2v) is 6.07. The monoisotopic (exact) mass is 319 g/mol. The van der Waals surface area contributed by atoms with Crippen molar-refractivity contribution in [2.45, 2.75) is 11.8 Å². The topological polar surface area (TPSA) is 12.0 Å². The highest BCUT2D eigenvalue weighted by Crippen LogP contribution is 2.33. The minimum atomic E-state index is -0.106. The van der Waals surface area contributed by atoms with Crippen LogP contribution >= 0.6 is 15.9 Å². The van der Waals surface area contributed by atoms with Crippen LogP contribution in [0.15, 0.2) is 53.0 Å². The van der Waals surface area contributed by atoms with Gasteiger partial charge in [0.1, 0.15) is 5.82 Å². The third-order valence-electron chi connectivity index (χ3n) is 3.87. The Morgan fingerprint density at radius 2 is 1.74 bits per heavy atom. The van der Waals surface area contributed by atoms with Gasteiger partial charge in [-0.1, -0.05) is 46.3 Å². The van der Waals surface area contributed by atoms with Crippen LogP contribution in [0.1, 0.15) is 11.1 Å². The van der Waals surface area contributed by atoms with Crippen molar-refractivity contribution in [1.82, 2.24) is 5.32 Å². The summed E-state index contributed by atoms with van der Waals surface area (Å²) in [6.45, 7) is 1.81. The third kappa shape index (κ3) is 2.45. The zero-order valence-electron chi connectivity index (χ0n) is 10.5. The molecule has 1 fully saturated rings. The third-order valence-corrected chi connectivity index (χ3v) is 4.40. The van der Waals surface area contributed by atoms with Gasteiger partial charge in [-0.2, -0.15) is 0 Å². The normalized spacial score (nSPS) is 16.9. The molecule has 2 aromatic rings. The van der Waals surface area contributed by atoms with Crippen LogP contribution in [0.3, 0.4) is 0 Å². The first-order valence-electron chi connectivity index (χ1n) is 6.40. The molecule has 3 rings (SSSR count). The quantitative estimate of drug-likeness (QED) is 0.910. The summed E-state index contributed by atoms with van der Waals surface area (Å²) in [5.41, 5.74) is 2.10. The van der Waals surface area contributed by atoms with Crippen molar-refractivity contribution in [3.63, 3.8) is 0 Å². The van der Waals surface area contributed by atoms with E-state index in [0.29, 0.717) is 0 Å². The summed E-state index contributed by atoms with van der Waals surface area (Å²) >= 11 is 3.45. The van der Waals surface area contributed by atoms with Gasteiger partial charge < -0.3 is 5.32 Å². The van der Waals surface area contributed by atoms with Crippen molar-refractivity contribution in [3.05, 3.63) is 69.9 Å². The summed E-state index contributed by atoms with van der Waals surface area (Å²) in [7, 11) is 0. The molecule has 0 radical (unpaired) electrons. The van der Waals surface area contributed by atoms with Crippen molar-refractivity contribution in [2.75, 3.05) is 13.1 Å². The maximum atomic E-state index is 13.8. The Hall–Kier alpha value is -1.19. The standard InChI is InChI=1S/C16H15BrFN/c17-14-7-5-13(6-8-14)16(10-19-11-16)9-12-3-1-2-4-15(12)18/h1-8,19H,9-11H2. The summed E-state index contributed by atoms with van der Waals surface area (Å²) < 4.78 is 14.9. The van der Waals surface area contributed by atoms with Crippen LogP contribution in [-0.4, -0.2) is 13.1 Å².